The maximum absolute atomic E-state index is 13.2. The summed E-state index contributed by atoms with van der Waals surface area (Å²) in [4.78, 5) is 27.5. The Bertz CT molecular complexity index is 1400. The van der Waals surface area contributed by atoms with Crippen LogP contribution in [0.15, 0.2) is 48.5 Å². The third-order valence-electron chi connectivity index (χ3n) is 5.96. The zero-order valence-electron chi connectivity index (χ0n) is 18.2. The SMILES string of the molecule is COc1cccc(N2CC(C(=O)Nc3c4c(nn3-c3ccc(Cl)cc3)CS(=O)(=O)C4)CC2=O)c1. The summed E-state index contributed by atoms with van der Waals surface area (Å²) in [5.74, 6) is -0.630. The van der Waals surface area contributed by atoms with Crippen LogP contribution in [0.5, 0.6) is 5.75 Å². The topological polar surface area (TPSA) is 111 Å². The number of benzene rings is 2. The molecule has 1 N–H and O–H groups in total. The molecule has 11 heteroatoms. The van der Waals surface area contributed by atoms with Gasteiger partial charge in [-0.15, -0.1) is 0 Å². The second-order valence-electron chi connectivity index (χ2n) is 8.29. The fourth-order valence-corrected chi connectivity index (χ4v) is 5.89. The van der Waals surface area contributed by atoms with Crippen LogP contribution in [0.2, 0.25) is 5.02 Å². The third kappa shape index (κ3) is 4.14. The number of sulfone groups is 1. The van der Waals surface area contributed by atoms with Crippen molar-refractivity contribution in [1.29, 1.82) is 0 Å². The van der Waals surface area contributed by atoms with Crippen LogP contribution in [0, 0.1) is 5.92 Å². The fraction of sp³-hybridized carbons (Fsp3) is 0.261. The van der Waals surface area contributed by atoms with Gasteiger partial charge < -0.3 is 15.0 Å². The van der Waals surface area contributed by atoms with E-state index in [0.717, 1.165) is 0 Å². The van der Waals surface area contributed by atoms with Crippen LogP contribution >= 0.6 is 11.6 Å². The Morgan fingerprint density at radius 1 is 1.15 bits per heavy atom. The van der Waals surface area contributed by atoms with Gasteiger partial charge in [0.1, 0.15) is 11.6 Å². The Hall–Kier alpha value is -3.37. The van der Waals surface area contributed by atoms with E-state index in [0.29, 0.717) is 39.2 Å². The second-order valence-corrected chi connectivity index (χ2v) is 10.8. The van der Waals surface area contributed by atoms with E-state index in [2.05, 4.69) is 10.4 Å². The van der Waals surface area contributed by atoms with Gasteiger partial charge in [-0.25, -0.2) is 13.1 Å². The van der Waals surface area contributed by atoms with Crippen molar-refractivity contribution in [1.82, 2.24) is 9.78 Å². The number of ether oxygens (including phenoxy) is 1. The molecule has 3 heterocycles. The fourth-order valence-electron chi connectivity index (χ4n) is 4.27. The van der Waals surface area contributed by atoms with Crippen LogP contribution in [0.3, 0.4) is 0 Å². The van der Waals surface area contributed by atoms with Crippen LogP contribution in [-0.4, -0.2) is 43.7 Å². The first-order valence-corrected chi connectivity index (χ1v) is 12.8. The predicted molar refractivity (Wildman–Crippen MR) is 127 cm³/mol. The summed E-state index contributed by atoms with van der Waals surface area (Å²) in [5.41, 5.74) is 2.16. The molecule has 1 atom stereocenters. The van der Waals surface area contributed by atoms with Crippen molar-refractivity contribution >= 4 is 44.8 Å². The van der Waals surface area contributed by atoms with Crippen LogP contribution < -0.4 is 15.0 Å². The number of fused-ring (bicyclic) bond motifs is 1. The van der Waals surface area contributed by atoms with Gasteiger partial charge in [-0.05, 0) is 36.4 Å². The standard InChI is InChI=1S/C23H21ClN4O5S/c1-33-18-4-2-3-17(10-18)27-11-14(9-21(27)29)23(30)25-22-19-12-34(31,32)13-20(19)26-28(22)16-7-5-15(24)6-8-16/h2-8,10,14H,9,11-13H2,1H3,(H,25,30). The summed E-state index contributed by atoms with van der Waals surface area (Å²) in [5, 5.41) is 7.85. The summed E-state index contributed by atoms with van der Waals surface area (Å²) in [6.45, 7) is 0.202. The number of methoxy groups -OCH3 is 1. The minimum Gasteiger partial charge on any atom is -0.497 e. The molecule has 5 rings (SSSR count). The van der Waals surface area contributed by atoms with Crippen molar-refractivity contribution in [3.05, 3.63) is 64.8 Å². The minimum absolute atomic E-state index is 0.0403. The monoisotopic (exact) mass is 500 g/mol. The lowest BCUT2D eigenvalue weighted by Gasteiger charge is -2.18. The van der Waals surface area contributed by atoms with Crippen LogP contribution in [0.25, 0.3) is 5.69 Å². The van der Waals surface area contributed by atoms with E-state index in [-0.39, 0.29) is 36.3 Å². The van der Waals surface area contributed by atoms with Gasteiger partial charge in [0, 0.05) is 35.3 Å². The Morgan fingerprint density at radius 2 is 1.91 bits per heavy atom. The summed E-state index contributed by atoms with van der Waals surface area (Å²) < 4.78 is 31.1. The third-order valence-corrected chi connectivity index (χ3v) is 7.65. The molecule has 1 saturated heterocycles. The molecule has 176 valence electrons. The number of hydrogen-bond donors (Lipinski definition) is 1. The first-order valence-electron chi connectivity index (χ1n) is 10.6. The molecule has 9 nitrogen and oxygen atoms in total. The van der Waals surface area contributed by atoms with Gasteiger partial charge >= 0.3 is 0 Å². The zero-order valence-corrected chi connectivity index (χ0v) is 19.8. The Kier molecular flexibility index (Phi) is 5.57. The highest BCUT2D eigenvalue weighted by molar-refractivity contribution is 7.90. The molecular weight excluding hydrogens is 480 g/mol. The highest BCUT2D eigenvalue weighted by atomic mass is 35.5. The van der Waals surface area contributed by atoms with Crippen molar-refractivity contribution in [2.45, 2.75) is 17.9 Å². The van der Waals surface area contributed by atoms with E-state index < -0.39 is 15.8 Å². The van der Waals surface area contributed by atoms with Crippen LogP contribution in [0.4, 0.5) is 11.5 Å². The van der Waals surface area contributed by atoms with Crippen molar-refractivity contribution < 1.29 is 22.7 Å². The molecule has 2 aromatic carbocycles. The van der Waals surface area contributed by atoms with E-state index in [4.69, 9.17) is 16.3 Å². The lowest BCUT2D eigenvalue weighted by Crippen LogP contribution is -2.29. The summed E-state index contributed by atoms with van der Waals surface area (Å²) in [6.07, 6.45) is 0.0403. The maximum Gasteiger partial charge on any atom is 0.230 e. The first kappa shape index (κ1) is 22.4. The number of rotatable bonds is 5. The summed E-state index contributed by atoms with van der Waals surface area (Å²) >= 11 is 6.00. The summed E-state index contributed by atoms with van der Waals surface area (Å²) in [7, 11) is -1.78. The van der Waals surface area contributed by atoms with Crippen molar-refractivity contribution in [2.24, 2.45) is 5.92 Å². The number of nitrogens with zero attached hydrogens (tertiary/aromatic N) is 3. The maximum atomic E-state index is 13.2. The number of anilines is 2. The van der Waals surface area contributed by atoms with E-state index in [1.54, 1.807) is 60.5 Å². The molecule has 0 aliphatic carbocycles. The second kappa shape index (κ2) is 8.44. The molecule has 0 radical (unpaired) electrons. The number of hydrogen-bond acceptors (Lipinski definition) is 6. The predicted octanol–water partition coefficient (Wildman–Crippen LogP) is 2.95. The van der Waals surface area contributed by atoms with Crippen molar-refractivity contribution in [3.63, 3.8) is 0 Å². The van der Waals surface area contributed by atoms with Gasteiger partial charge in [-0.2, -0.15) is 5.10 Å². The number of aromatic nitrogens is 2. The quantitative estimate of drug-likeness (QED) is 0.576. The molecule has 0 bridgehead atoms. The Labute approximate surface area is 201 Å². The number of halogens is 1. The van der Waals surface area contributed by atoms with Gasteiger partial charge in [0.15, 0.2) is 9.84 Å². The molecule has 2 aliphatic rings. The molecule has 0 spiro atoms. The molecule has 1 aromatic heterocycles. The van der Waals surface area contributed by atoms with Gasteiger partial charge in [0.25, 0.3) is 0 Å². The van der Waals surface area contributed by atoms with Gasteiger partial charge in [0.05, 0.1) is 35.9 Å². The Morgan fingerprint density at radius 3 is 2.65 bits per heavy atom. The van der Waals surface area contributed by atoms with Gasteiger partial charge in [0.2, 0.25) is 11.8 Å². The molecule has 2 amide bonds. The number of carbonyl (C=O) groups excluding carboxylic acids is 2. The van der Waals surface area contributed by atoms with Crippen molar-refractivity contribution in [3.8, 4) is 11.4 Å². The zero-order chi connectivity index (χ0) is 24.0. The van der Waals surface area contributed by atoms with E-state index in [1.807, 2.05) is 0 Å². The molecular formula is C23H21ClN4O5S. The normalized spacial score (nSPS) is 18.7. The lowest BCUT2D eigenvalue weighted by molar-refractivity contribution is -0.122. The van der Waals surface area contributed by atoms with Gasteiger partial charge in [-0.3, -0.25) is 9.59 Å². The highest BCUT2D eigenvalue weighted by Gasteiger charge is 2.38. The first-order chi connectivity index (χ1) is 16.2. The van der Waals surface area contributed by atoms with Crippen LogP contribution in [0.1, 0.15) is 17.7 Å². The number of amides is 2. The lowest BCUT2D eigenvalue weighted by atomic mass is 10.1. The molecule has 34 heavy (non-hydrogen) atoms. The van der Waals surface area contributed by atoms with E-state index >= 15 is 0 Å². The van der Waals surface area contributed by atoms with E-state index in [9.17, 15) is 18.0 Å². The smallest absolute Gasteiger partial charge is 0.230 e. The molecule has 1 fully saturated rings. The van der Waals surface area contributed by atoms with E-state index in [1.165, 1.54) is 4.68 Å². The highest BCUT2D eigenvalue weighted by Crippen LogP contribution is 2.34. The number of nitrogens with one attached hydrogen (secondary N) is 1. The van der Waals surface area contributed by atoms with Gasteiger partial charge in [-0.1, -0.05) is 17.7 Å². The minimum atomic E-state index is -3.33. The molecule has 1 unspecified atom stereocenters. The molecule has 3 aromatic rings. The summed E-state index contributed by atoms with van der Waals surface area (Å²) in [6, 6.07) is 13.9. The van der Waals surface area contributed by atoms with Crippen molar-refractivity contribution in [2.75, 3.05) is 23.9 Å². The number of carbonyl (C=O) groups is 2. The average molecular weight is 501 g/mol. The largest absolute Gasteiger partial charge is 0.497 e. The average Bonchev–Trinajstić information content (AvgIpc) is 3.44. The molecule has 2 aliphatic heterocycles. The molecule has 0 saturated carbocycles. The Balaban J connectivity index is 1.42. The van der Waals surface area contributed by atoms with Crippen LogP contribution in [-0.2, 0) is 30.9 Å².